The summed E-state index contributed by atoms with van der Waals surface area (Å²) in [6.07, 6.45) is 6.68. The third-order valence-corrected chi connectivity index (χ3v) is 6.62. The molecule has 1 atom stereocenters. The summed E-state index contributed by atoms with van der Waals surface area (Å²) in [5.74, 6) is 0.600. The number of ether oxygens (including phenoxy) is 1. The predicted molar refractivity (Wildman–Crippen MR) is 103 cm³/mol. The fourth-order valence-electron chi connectivity index (χ4n) is 5.09. The molecule has 142 valence electrons. The first-order valence-electron chi connectivity index (χ1n) is 10.4. The van der Waals surface area contributed by atoms with Crippen LogP contribution in [-0.4, -0.2) is 61.6 Å². The zero-order valence-electron chi connectivity index (χ0n) is 15.9. The first-order chi connectivity index (χ1) is 12.7. The summed E-state index contributed by atoms with van der Waals surface area (Å²) >= 11 is 0. The molecule has 1 unspecified atom stereocenters. The van der Waals surface area contributed by atoms with Crippen LogP contribution in [0, 0.1) is 11.3 Å². The van der Waals surface area contributed by atoms with Gasteiger partial charge in [0.05, 0.1) is 0 Å². The summed E-state index contributed by atoms with van der Waals surface area (Å²) in [4.78, 5) is 17.7. The number of amides is 1. The minimum Gasteiger partial charge on any atom is -0.381 e. The lowest BCUT2D eigenvalue weighted by Gasteiger charge is -2.40. The fraction of sp³-hybridized carbons (Fsp3) is 0.682. The summed E-state index contributed by atoms with van der Waals surface area (Å²) in [6.45, 7) is 6.96. The quantitative estimate of drug-likeness (QED) is 0.831. The highest BCUT2D eigenvalue weighted by atomic mass is 16.5. The molecule has 26 heavy (non-hydrogen) atoms. The molecular formula is C22H32N2O2. The third kappa shape index (κ3) is 4.12. The summed E-state index contributed by atoms with van der Waals surface area (Å²) in [7, 11) is 0. The topological polar surface area (TPSA) is 32.8 Å². The molecule has 4 heteroatoms. The third-order valence-electron chi connectivity index (χ3n) is 6.62. The highest BCUT2D eigenvalue weighted by molar-refractivity contribution is 5.79. The zero-order chi connectivity index (χ0) is 17.8. The van der Waals surface area contributed by atoms with Gasteiger partial charge >= 0.3 is 0 Å². The van der Waals surface area contributed by atoms with Crippen LogP contribution in [0.15, 0.2) is 30.3 Å². The van der Waals surface area contributed by atoms with Crippen molar-refractivity contribution in [2.24, 2.45) is 11.3 Å². The van der Waals surface area contributed by atoms with Crippen molar-refractivity contribution in [1.29, 1.82) is 0 Å². The Morgan fingerprint density at radius 1 is 1.08 bits per heavy atom. The minimum atomic E-state index is 0.205. The smallest absolute Gasteiger partial charge is 0.225 e. The van der Waals surface area contributed by atoms with Gasteiger partial charge in [-0.2, -0.15) is 0 Å². The lowest BCUT2D eigenvalue weighted by atomic mass is 9.79. The first-order valence-corrected chi connectivity index (χ1v) is 10.4. The molecule has 1 aromatic rings. The van der Waals surface area contributed by atoms with Gasteiger partial charge in [-0.1, -0.05) is 30.3 Å². The largest absolute Gasteiger partial charge is 0.381 e. The van der Waals surface area contributed by atoms with Crippen LogP contribution in [0.2, 0.25) is 0 Å². The highest BCUT2D eigenvalue weighted by Gasteiger charge is 2.43. The monoisotopic (exact) mass is 356 g/mol. The maximum absolute atomic E-state index is 12.9. The molecular weight excluding hydrogens is 324 g/mol. The van der Waals surface area contributed by atoms with E-state index in [0.29, 0.717) is 11.3 Å². The van der Waals surface area contributed by atoms with Crippen molar-refractivity contribution in [2.75, 3.05) is 45.9 Å². The number of rotatable bonds is 4. The van der Waals surface area contributed by atoms with Crippen LogP contribution in [0.5, 0.6) is 0 Å². The van der Waals surface area contributed by atoms with Crippen molar-refractivity contribution in [3.63, 3.8) is 0 Å². The number of carbonyl (C=O) groups excluding carboxylic acids is 1. The molecule has 0 bridgehead atoms. The van der Waals surface area contributed by atoms with E-state index < -0.39 is 0 Å². The maximum atomic E-state index is 12.9. The van der Waals surface area contributed by atoms with Gasteiger partial charge in [0.25, 0.3) is 0 Å². The van der Waals surface area contributed by atoms with Crippen molar-refractivity contribution in [3.05, 3.63) is 35.9 Å². The molecule has 4 nitrogen and oxygen atoms in total. The van der Waals surface area contributed by atoms with E-state index in [9.17, 15) is 4.79 Å². The van der Waals surface area contributed by atoms with Gasteiger partial charge in [-0.3, -0.25) is 4.79 Å². The Balaban J connectivity index is 1.31. The molecule has 3 aliphatic heterocycles. The van der Waals surface area contributed by atoms with Crippen LogP contribution in [0.4, 0.5) is 0 Å². The Kier molecular flexibility index (Phi) is 5.60. The standard InChI is InChI=1S/C22H32N2O2/c25-21(20-8-15-26-16-9-20)24-14-11-22(18-24)10-4-12-23(17-22)13-7-19-5-2-1-3-6-19/h1-3,5-6,20H,4,7-18H2. The summed E-state index contributed by atoms with van der Waals surface area (Å²) in [5.41, 5.74) is 1.77. The SMILES string of the molecule is O=C(C1CCOCC1)N1CCC2(CCCN(CCc3ccccc3)C2)C1. The molecule has 1 spiro atoms. The zero-order valence-corrected chi connectivity index (χ0v) is 15.9. The number of benzene rings is 1. The fourth-order valence-corrected chi connectivity index (χ4v) is 5.09. The number of piperidine rings is 1. The number of hydrogen-bond acceptors (Lipinski definition) is 3. The molecule has 3 fully saturated rings. The Bertz CT molecular complexity index is 599. The Morgan fingerprint density at radius 2 is 1.88 bits per heavy atom. The van der Waals surface area contributed by atoms with Crippen LogP contribution < -0.4 is 0 Å². The van der Waals surface area contributed by atoms with Crippen LogP contribution in [0.1, 0.15) is 37.7 Å². The lowest BCUT2D eigenvalue weighted by Crippen LogP contribution is -2.46. The molecule has 0 radical (unpaired) electrons. The molecule has 3 saturated heterocycles. The van der Waals surface area contributed by atoms with Crippen molar-refractivity contribution in [1.82, 2.24) is 9.80 Å². The molecule has 0 saturated carbocycles. The second kappa shape index (κ2) is 8.10. The summed E-state index contributed by atoms with van der Waals surface area (Å²) in [5, 5.41) is 0. The van der Waals surface area contributed by atoms with E-state index in [-0.39, 0.29) is 5.92 Å². The van der Waals surface area contributed by atoms with E-state index in [2.05, 4.69) is 40.1 Å². The van der Waals surface area contributed by atoms with Crippen molar-refractivity contribution < 1.29 is 9.53 Å². The molecule has 3 aliphatic rings. The summed E-state index contributed by atoms with van der Waals surface area (Å²) in [6, 6.07) is 10.8. The van der Waals surface area contributed by atoms with E-state index in [1.54, 1.807) is 0 Å². The van der Waals surface area contributed by atoms with Crippen LogP contribution in [0.3, 0.4) is 0 Å². The minimum absolute atomic E-state index is 0.205. The maximum Gasteiger partial charge on any atom is 0.225 e. The Morgan fingerprint density at radius 3 is 2.69 bits per heavy atom. The van der Waals surface area contributed by atoms with Crippen LogP contribution in [0.25, 0.3) is 0 Å². The van der Waals surface area contributed by atoms with Gasteiger partial charge in [0.15, 0.2) is 0 Å². The second-order valence-electron chi connectivity index (χ2n) is 8.51. The van der Waals surface area contributed by atoms with Gasteiger partial charge in [0.2, 0.25) is 5.91 Å². The number of carbonyl (C=O) groups is 1. The van der Waals surface area contributed by atoms with Gasteiger partial charge in [0, 0.05) is 50.7 Å². The van der Waals surface area contributed by atoms with E-state index in [0.717, 1.165) is 58.7 Å². The number of likely N-dealkylation sites (tertiary alicyclic amines) is 2. The van der Waals surface area contributed by atoms with E-state index in [1.807, 2.05) is 0 Å². The molecule has 0 aromatic heterocycles. The van der Waals surface area contributed by atoms with Gasteiger partial charge in [-0.25, -0.2) is 0 Å². The molecule has 3 heterocycles. The normalized spacial score (nSPS) is 27.9. The predicted octanol–water partition coefficient (Wildman–Crippen LogP) is 2.97. The van der Waals surface area contributed by atoms with E-state index in [4.69, 9.17) is 4.74 Å². The lowest BCUT2D eigenvalue weighted by molar-refractivity contribution is -0.138. The molecule has 0 N–H and O–H groups in total. The first kappa shape index (κ1) is 18.0. The molecule has 4 rings (SSSR count). The molecule has 1 aromatic carbocycles. The van der Waals surface area contributed by atoms with Gasteiger partial charge in [0.1, 0.15) is 0 Å². The van der Waals surface area contributed by atoms with Crippen LogP contribution in [-0.2, 0) is 16.0 Å². The second-order valence-corrected chi connectivity index (χ2v) is 8.51. The van der Waals surface area contributed by atoms with Crippen molar-refractivity contribution >= 4 is 5.91 Å². The average Bonchev–Trinajstić information content (AvgIpc) is 3.10. The number of hydrogen-bond donors (Lipinski definition) is 0. The molecule has 1 amide bonds. The van der Waals surface area contributed by atoms with Crippen molar-refractivity contribution in [2.45, 2.75) is 38.5 Å². The summed E-state index contributed by atoms with van der Waals surface area (Å²) < 4.78 is 5.42. The van der Waals surface area contributed by atoms with Gasteiger partial charge in [-0.05, 0) is 50.6 Å². The Labute approximate surface area is 157 Å². The van der Waals surface area contributed by atoms with E-state index >= 15 is 0 Å². The number of nitrogens with zero attached hydrogens (tertiary/aromatic N) is 2. The molecule has 0 aliphatic carbocycles. The van der Waals surface area contributed by atoms with Crippen molar-refractivity contribution in [3.8, 4) is 0 Å². The van der Waals surface area contributed by atoms with Gasteiger partial charge < -0.3 is 14.5 Å². The van der Waals surface area contributed by atoms with Gasteiger partial charge in [-0.15, -0.1) is 0 Å². The van der Waals surface area contributed by atoms with Crippen LogP contribution >= 0.6 is 0 Å². The highest BCUT2D eigenvalue weighted by Crippen LogP contribution is 2.39. The Hall–Kier alpha value is -1.39. The van der Waals surface area contributed by atoms with E-state index in [1.165, 1.54) is 31.4 Å². The average molecular weight is 357 g/mol.